The first kappa shape index (κ1) is 18.6. The second kappa shape index (κ2) is 7.76. The Morgan fingerprint density at radius 3 is 2.37 bits per heavy atom. The lowest BCUT2D eigenvalue weighted by Gasteiger charge is -2.35. The summed E-state index contributed by atoms with van der Waals surface area (Å²) in [6.07, 6.45) is 3.38. The van der Waals surface area contributed by atoms with Crippen molar-refractivity contribution in [2.45, 2.75) is 0 Å². The molecule has 150 valence electrons. The molecule has 30 heavy (non-hydrogen) atoms. The van der Waals surface area contributed by atoms with Crippen molar-refractivity contribution in [3.05, 3.63) is 77.7 Å². The molecule has 1 aliphatic rings. The van der Waals surface area contributed by atoms with Crippen molar-refractivity contribution in [1.29, 1.82) is 0 Å². The molecule has 0 radical (unpaired) electrons. The Hall–Kier alpha value is -3.45. The minimum atomic E-state index is 0.0241. The summed E-state index contributed by atoms with van der Waals surface area (Å²) in [5.41, 5.74) is 2.38. The Bertz CT molecular complexity index is 1180. The van der Waals surface area contributed by atoms with Crippen LogP contribution in [0.5, 0.6) is 0 Å². The third-order valence-corrected chi connectivity index (χ3v) is 5.56. The van der Waals surface area contributed by atoms with Gasteiger partial charge in [-0.05, 0) is 36.4 Å². The number of para-hydroxylation sites is 1. The van der Waals surface area contributed by atoms with Crippen molar-refractivity contribution < 1.29 is 4.79 Å². The Morgan fingerprint density at radius 2 is 1.63 bits per heavy atom. The summed E-state index contributed by atoms with van der Waals surface area (Å²) >= 11 is 5.93. The monoisotopic (exact) mass is 418 g/mol. The normalized spacial score (nSPS) is 14.3. The summed E-state index contributed by atoms with van der Waals surface area (Å²) < 4.78 is 1.82. The maximum atomic E-state index is 12.8. The number of nitrogens with zero attached hydrogens (tertiary/aromatic N) is 6. The van der Waals surface area contributed by atoms with E-state index in [4.69, 9.17) is 11.6 Å². The van der Waals surface area contributed by atoms with Crippen molar-refractivity contribution in [3.63, 3.8) is 0 Å². The fraction of sp³-hybridized carbons (Fsp3) is 0.182. The molecule has 8 heteroatoms. The molecule has 2 aromatic carbocycles. The first-order chi connectivity index (χ1) is 14.7. The molecule has 0 bridgehead atoms. The van der Waals surface area contributed by atoms with Gasteiger partial charge in [-0.3, -0.25) is 4.79 Å². The van der Waals surface area contributed by atoms with E-state index in [0.29, 0.717) is 36.8 Å². The van der Waals surface area contributed by atoms with Gasteiger partial charge in [0.2, 0.25) is 0 Å². The van der Waals surface area contributed by atoms with Gasteiger partial charge in [0, 0.05) is 36.8 Å². The van der Waals surface area contributed by atoms with E-state index >= 15 is 0 Å². The first-order valence-corrected chi connectivity index (χ1v) is 10.1. The van der Waals surface area contributed by atoms with E-state index in [1.807, 2.05) is 46.1 Å². The number of rotatable bonds is 3. The third-order valence-electron chi connectivity index (χ3n) is 5.30. The molecule has 0 aliphatic carbocycles. The van der Waals surface area contributed by atoms with Crippen LogP contribution in [0.4, 0.5) is 5.82 Å². The first-order valence-electron chi connectivity index (χ1n) is 9.74. The molecular formula is C22H19ClN6O. The zero-order chi connectivity index (χ0) is 20.5. The molecule has 0 N–H and O–H groups in total. The van der Waals surface area contributed by atoms with Gasteiger partial charge in [-0.1, -0.05) is 29.8 Å². The van der Waals surface area contributed by atoms with Gasteiger partial charge in [0.15, 0.2) is 5.65 Å². The SMILES string of the molecule is O=C(c1ccc(Cl)cc1)N1CCN(c2ncnc3c2cnn3-c2ccccc2)CC1. The lowest BCUT2D eigenvalue weighted by atomic mass is 10.2. The number of piperazine rings is 1. The predicted molar refractivity (Wildman–Crippen MR) is 116 cm³/mol. The molecule has 0 atom stereocenters. The Balaban J connectivity index is 1.36. The number of amides is 1. The summed E-state index contributed by atoms with van der Waals surface area (Å²) in [4.78, 5) is 25.8. The standard InChI is InChI=1S/C22H19ClN6O/c23-17-8-6-16(7-9-17)22(30)28-12-10-27(11-13-28)20-19-14-26-29(21(19)25-15-24-20)18-4-2-1-3-5-18/h1-9,14-15H,10-13H2. The van der Waals surface area contributed by atoms with Crippen molar-refractivity contribution in [3.8, 4) is 5.69 Å². The van der Waals surface area contributed by atoms with Crippen LogP contribution in [-0.4, -0.2) is 56.7 Å². The molecule has 4 aromatic rings. The number of fused-ring (bicyclic) bond motifs is 1. The number of hydrogen-bond acceptors (Lipinski definition) is 5. The van der Waals surface area contributed by atoms with Crippen LogP contribution >= 0.6 is 11.6 Å². The molecule has 0 unspecified atom stereocenters. The zero-order valence-electron chi connectivity index (χ0n) is 16.1. The highest BCUT2D eigenvalue weighted by atomic mass is 35.5. The fourth-order valence-electron chi connectivity index (χ4n) is 3.74. The van der Waals surface area contributed by atoms with Crippen LogP contribution in [0.1, 0.15) is 10.4 Å². The van der Waals surface area contributed by atoms with Gasteiger partial charge in [0.05, 0.1) is 17.3 Å². The Labute approximate surface area is 178 Å². The second-order valence-electron chi connectivity index (χ2n) is 7.11. The molecule has 0 spiro atoms. The molecule has 1 fully saturated rings. The van der Waals surface area contributed by atoms with Gasteiger partial charge in [-0.2, -0.15) is 5.10 Å². The van der Waals surface area contributed by atoms with E-state index in [2.05, 4.69) is 20.0 Å². The molecule has 1 saturated heterocycles. The summed E-state index contributed by atoms with van der Waals surface area (Å²) in [5.74, 6) is 0.872. The maximum absolute atomic E-state index is 12.8. The van der Waals surface area contributed by atoms with Crippen molar-refractivity contribution in [1.82, 2.24) is 24.6 Å². The van der Waals surface area contributed by atoms with E-state index in [9.17, 15) is 4.79 Å². The molecular weight excluding hydrogens is 400 g/mol. The lowest BCUT2D eigenvalue weighted by Crippen LogP contribution is -2.49. The average molecular weight is 419 g/mol. The number of aromatic nitrogens is 4. The van der Waals surface area contributed by atoms with Gasteiger partial charge in [-0.25, -0.2) is 14.6 Å². The van der Waals surface area contributed by atoms with Crippen LogP contribution in [0.3, 0.4) is 0 Å². The lowest BCUT2D eigenvalue weighted by molar-refractivity contribution is 0.0746. The van der Waals surface area contributed by atoms with Gasteiger partial charge in [-0.15, -0.1) is 0 Å². The van der Waals surface area contributed by atoms with Gasteiger partial charge < -0.3 is 9.80 Å². The number of hydrogen-bond donors (Lipinski definition) is 0. The smallest absolute Gasteiger partial charge is 0.253 e. The predicted octanol–water partition coefficient (Wildman–Crippen LogP) is 3.43. The Kier molecular flexibility index (Phi) is 4.80. The number of carbonyl (C=O) groups is 1. The van der Waals surface area contributed by atoms with Gasteiger partial charge in [0.25, 0.3) is 5.91 Å². The third kappa shape index (κ3) is 3.37. The van der Waals surface area contributed by atoms with Crippen molar-refractivity contribution in [2.75, 3.05) is 31.1 Å². The highest BCUT2D eigenvalue weighted by molar-refractivity contribution is 6.30. The molecule has 1 aliphatic heterocycles. The van der Waals surface area contributed by atoms with E-state index in [1.165, 1.54) is 0 Å². The quantitative estimate of drug-likeness (QED) is 0.510. The second-order valence-corrected chi connectivity index (χ2v) is 7.55. The van der Waals surface area contributed by atoms with E-state index < -0.39 is 0 Å². The van der Waals surface area contributed by atoms with Crippen LogP contribution in [0, 0.1) is 0 Å². The molecule has 5 rings (SSSR count). The minimum Gasteiger partial charge on any atom is -0.352 e. The van der Waals surface area contributed by atoms with Crippen LogP contribution in [0.2, 0.25) is 5.02 Å². The highest BCUT2D eigenvalue weighted by Crippen LogP contribution is 2.25. The number of anilines is 1. The van der Waals surface area contributed by atoms with Crippen molar-refractivity contribution in [2.24, 2.45) is 0 Å². The van der Waals surface area contributed by atoms with Crippen LogP contribution in [-0.2, 0) is 0 Å². The number of halogens is 1. The average Bonchev–Trinajstić information content (AvgIpc) is 3.24. The topological polar surface area (TPSA) is 67.2 Å². The summed E-state index contributed by atoms with van der Waals surface area (Å²) in [7, 11) is 0. The zero-order valence-corrected chi connectivity index (χ0v) is 16.9. The summed E-state index contributed by atoms with van der Waals surface area (Å²) in [5, 5.41) is 6.05. The number of carbonyl (C=O) groups excluding carboxylic acids is 1. The van der Waals surface area contributed by atoms with Gasteiger partial charge >= 0.3 is 0 Å². The molecule has 3 heterocycles. The minimum absolute atomic E-state index is 0.0241. The van der Waals surface area contributed by atoms with E-state index in [-0.39, 0.29) is 5.91 Å². The fourth-order valence-corrected chi connectivity index (χ4v) is 3.86. The number of benzene rings is 2. The van der Waals surface area contributed by atoms with Crippen LogP contribution in [0.15, 0.2) is 67.1 Å². The summed E-state index contributed by atoms with van der Waals surface area (Å²) in [6.45, 7) is 2.64. The van der Waals surface area contributed by atoms with Crippen LogP contribution in [0.25, 0.3) is 16.7 Å². The molecule has 7 nitrogen and oxygen atoms in total. The molecule has 2 aromatic heterocycles. The largest absolute Gasteiger partial charge is 0.352 e. The summed E-state index contributed by atoms with van der Waals surface area (Å²) in [6, 6.07) is 16.9. The highest BCUT2D eigenvalue weighted by Gasteiger charge is 2.24. The maximum Gasteiger partial charge on any atom is 0.253 e. The van der Waals surface area contributed by atoms with E-state index in [1.54, 1.807) is 30.6 Å². The van der Waals surface area contributed by atoms with E-state index in [0.717, 1.165) is 22.5 Å². The Morgan fingerprint density at radius 1 is 0.900 bits per heavy atom. The van der Waals surface area contributed by atoms with Gasteiger partial charge in [0.1, 0.15) is 12.1 Å². The molecule has 0 saturated carbocycles. The molecule has 1 amide bonds. The van der Waals surface area contributed by atoms with Crippen molar-refractivity contribution >= 4 is 34.4 Å². The van der Waals surface area contributed by atoms with Crippen LogP contribution < -0.4 is 4.90 Å².